The number of hydrogen-bond donors (Lipinski definition) is 1. The number of rotatable bonds is 5. The molecule has 1 N–H and O–H groups in total. The fourth-order valence-corrected chi connectivity index (χ4v) is 2.09. The Balaban J connectivity index is 2.09. The van der Waals surface area contributed by atoms with E-state index in [1.807, 2.05) is 25.1 Å². The van der Waals surface area contributed by atoms with Crippen LogP contribution in [-0.2, 0) is 0 Å². The predicted octanol–water partition coefficient (Wildman–Crippen LogP) is 3.08. The topological polar surface area (TPSA) is 87.8 Å². The molecule has 0 aromatic heterocycles. The largest absolute Gasteiger partial charge is 0.378 e. The van der Waals surface area contributed by atoms with E-state index in [1.165, 1.54) is 18.3 Å². The number of benzene rings is 2. The van der Waals surface area contributed by atoms with Crippen LogP contribution in [0.1, 0.15) is 15.9 Å². The predicted molar refractivity (Wildman–Crippen MR) is 93.9 cm³/mol. The van der Waals surface area contributed by atoms with Gasteiger partial charge in [0.2, 0.25) is 0 Å². The maximum atomic E-state index is 12.1. The van der Waals surface area contributed by atoms with Crippen LogP contribution in [0.5, 0.6) is 0 Å². The third-order valence-corrected chi connectivity index (χ3v) is 3.49. The molecular formula is C16H15ClN4O3. The molecule has 0 fully saturated rings. The molecule has 0 saturated heterocycles. The molecule has 7 nitrogen and oxygen atoms in total. The van der Waals surface area contributed by atoms with Crippen LogP contribution in [0.3, 0.4) is 0 Å². The summed E-state index contributed by atoms with van der Waals surface area (Å²) in [4.78, 5) is 24.2. The van der Waals surface area contributed by atoms with Gasteiger partial charge in [-0.3, -0.25) is 14.9 Å². The van der Waals surface area contributed by atoms with Gasteiger partial charge in [-0.2, -0.15) is 5.10 Å². The van der Waals surface area contributed by atoms with Gasteiger partial charge in [-0.1, -0.05) is 23.7 Å². The number of carbonyl (C=O) groups excluding carboxylic acids is 1. The van der Waals surface area contributed by atoms with E-state index in [9.17, 15) is 14.9 Å². The minimum atomic E-state index is -0.578. The molecule has 8 heteroatoms. The first kappa shape index (κ1) is 17.4. The Labute approximate surface area is 143 Å². The molecule has 2 aromatic rings. The van der Waals surface area contributed by atoms with Crippen molar-refractivity contribution in [3.63, 3.8) is 0 Å². The number of nitrogens with one attached hydrogen (secondary N) is 1. The SMILES string of the molecule is CN(C)c1cccc(C(=O)N/N=C\c2ccc(Cl)c([N+](=O)[O-])c2)c1. The first-order chi connectivity index (χ1) is 11.4. The summed E-state index contributed by atoms with van der Waals surface area (Å²) in [6.45, 7) is 0. The first-order valence-electron chi connectivity index (χ1n) is 6.93. The summed E-state index contributed by atoms with van der Waals surface area (Å²) in [6.07, 6.45) is 1.32. The lowest BCUT2D eigenvalue weighted by Crippen LogP contribution is -2.18. The van der Waals surface area contributed by atoms with E-state index in [1.54, 1.807) is 24.3 Å². The summed E-state index contributed by atoms with van der Waals surface area (Å²) in [5.41, 5.74) is 3.97. The van der Waals surface area contributed by atoms with Crippen molar-refractivity contribution in [1.29, 1.82) is 0 Å². The van der Waals surface area contributed by atoms with E-state index in [0.29, 0.717) is 11.1 Å². The number of carbonyl (C=O) groups is 1. The van der Waals surface area contributed by atoms with Crippen molar-refractivity contribution < 1.29 is 9.72 Å². The molecule has 124 valence electrons. The lowest BCUT2D eigenvalue weighted by Gasteiger charge is -2.12. The lowest BCUT2D eigenvalue weighted by molar-refractivity contribution is -0.384. The third-order valence-electron chi connectivity index (χ3n) is 3.17. The smallest absolute Gasteiger partial charge is 0.288 e. The second kappa shape index (κ2) is 7.56. The summed E-state index contributed by atoms with van der Waals surface area (Å²) >= 11 is 5.74. The van der Waals surface area contributed by atoms with Gasteiger partial charge in [-0.15, -0.1) is 0 Å². The molecule has 0 aliphatic rings. The Hall–Kier alpha value is -2.93. The van der Waals surface area contributed by atoms with Gasteiger partial charge in [0.25, 0.3) is 11.6 Å². The van der Waals surface area contributed by atoms with Crippen LogP contribution in [0.2, 0.25) is 5.02 Å². The van der Waals surface area contributed by atoms with E-state index >= 15 is 0 Å². The zero-order valence-electron chi connectivity index (χ0n) is 13.1. The van der Waals surface area contributed by atoms with E-state index in [4.69, 9.17) is 11.6 Å². The van der Waals surface area contributed by atoms with Gasteiger partial charge in [-0.05, 0) is 24.3 Å². The molecule has 0 aliphatic carbocycles. The number of anilines is 1. The Morgan fingerprint density at radius 2 is 2.04 bits per heavy atom. The maximum Gasteiger partial charge on any atom is 0.288 e. The molecule has 24 heavy (non-hydrogen) atoms. The zero-order valence-corrected chi connectivity index (χ0v) is 13.8. The van der Waals surface area contributed by atoms with E-state index in [2.05, 4.69) is 10.5 Å². The number of halogens is 1. The fourth-order valence-electron chi connectivity index (χ4n) is 1.91. The summed E-state index contributed by atoms with van der Waals surface area (Å²) in [7, 11) is 3.76. The minimum Gasteiger partial charge on any atom is -0.378 e. The Morgan fingerprint density at radius 3 is 2.71 bits per heavy atom. The summed E-state index contributed by atoms with van der Waals surface area (Å²) in [6, 6.07) is 11.3. The average Bonchev–Trinajstić information content (AvgIpc) is 2.56. The van der Waals surface area contributed by atoms with E-state index < -0.39 is 4.92 Å². The van der Waals surface area contributed by atoms with Gasteiger partial charge in [0.1, 0.15) is 5.02 Å². The molecule has 0 heterocycles. The highest BCUT2D eigenvalue weighted by atomic mass is 35.5. The molecule has 0 atom stereocenters. The van der Waals surface area contributed by atoms with E-state index in [-0.39, 0.29) is 16.6 Å². The molecule has 0 spiro atoms. The number of amides is 1. The molecule has 0 bridgehead atoms. The molecule has 0 saturated carbocycles. The number of nitro benzene ring substituents is 1. The van der Waals surface area contributed by atoms with Gasteiger partial charge in [0.05, 0.1) is 11.1 Å². The van der Waals surface area contributed by atoms with Crippen molar-refractivity contribution in [3.05, 3.63) is 68.7 Å². The molecule has 1 amide bonds. The highest BCUT2D eigenvalue weighted by Gasteiger charge is 2.12. The van der Waals surface area contributed by atoms with Crippen molar-refractivity contribution in [3.8, 4) is 0 Å². The average molecular weight is 347 g/mol. The fraction of sp³-hybridized carbons (Fsp3) is 0.125. The number of hydrazone groups is 1. The quantitative estimate of drug-likeness (QED) is 0.512. The van der Waals surface area contributed by atoms with Gasteiger partial charge >= 0.3 is 0 Å². The molecule has 0 unspecified atom stereocenters. The van der Waals surface area contributed by atoms with Crippen LogP contribution in [0.4, 0.5) is 11.4 Å². The molecule has 2 rings (SSSR count). The van der Waals surface area contributed by atoms with Crippen molar-refractivity contribution in [2.45, 2.75) is 0 Å². The van der Waals surface area contributed by atoms with Gasteiger partial charge in [0, 0.05) is 37.0 Å². The number of hydrogen-bond acceptors (Lipinski definition) is 5. The summed E-state index contributed by atoms with van der Waals surface area (Å²) < 4.78 is 0. The van der Waals surface area contributed by atoms with Gasteiger partial charge in [-0.25, -0.2) is 5.43 Å². The minimum absolute atomic E-state index is 0.0432. The normalized spacial score (nSPS) is 10.6. The molecule has 2 aromatic carbocycles. The maximum absolute atomic E-state index is 12.1. The standard InChI is InChI=1S/C16H15ClN4O3/c1-20(2)13-5-3-4-12(9-13)16(22)19-18-10-11-6-7-14(17)15(8-11)21(23)24/h3-10H,1-2H3,(H,19,22)/b18-10-. The lowest BCUT2D eigenvalue weighted by atomic mass is 10.2. The van der Waals surface area contributed by atoms with Crippen LogP contribution < -0.4 is 10.3 Å². The van der Waals surface area contributed by atoms with Crippen LogP contribution in [0.15, 0.2) is 47.6 Å². The summed E-state index contributed by atoms with van der Waals surface area (Å²) in [5, 5.41) is 14.7. The monoisotopic (exact) mass is 346 g/mol. The Morgan fingerprint density at radius 1 is 1.29 bits per heavy atom. The van der Waals surface area contributed by atoms with Gasteiger partial charge in [0.15, 0.2) is 0 Å². The second-order valence-corrected chi connectivity index (χ2v) is 5.52. The Kier molecular flexibility index (Phi) is 5.49. The molecule has 0 radical (unpaired) electrons. The van der Waals surface area contributed by atoms with Crippen molar-refractivity contribution in [2.24, 2.45) is 5.10 Å². The third kappa shape index (κ3) is 4.30. The molecule has 0 aliphatic heterocycles. The van der Waals surface area contributed by atoms with Gasteiger partial charge < -0.3 is 4.90 Å². The molecular weight excluding hydrogens is 332 g/mol. The second-order valence-electron chi connectivity index (χ2n) is 5.11. The first-order valence-corrected chi connectivity index (χ1v) is 7.31. The number of nitro groups is 1. The summed E-state index contributed by atoms with van der Waals surface area (Å²) in [5.74, 6) is -0.376. The zero-order chi connectivity index (χ0) is 17.7. The number of nitrogens with zero attached hydrogens (tertiary/aromatic N) is 3. The van der Waals surface area contributed by atoms with Crippen molar-refractivity contribution in [2.75, 3.05) is 19.0 Å². The highest BCUT2D eigenvalue weighted by Crippen LogP contribution is 2.24. The van der Waals surface area contributed by atoms with Crippen LogP contribution in [0, 0.1) is 10.1 Å². The van der Waals surface area contributed by atoms with E-state index in [0.717, 1.165) is 5.69 Å². The van der Waals surface area contributed by atoms with Crippen molar-refractivity contribution >= 4 is 35.1 Å². The highest BCUT2D eigenvalue weighted by molar-refractivity contribution is 6.32. The van der Waals surface area contributed by atoms with Crippen molar-refractivity contribution in [1.82, 2.24) is 5.43 Å². The van der Waals surface area contributed by atoms with Crippen LogP contribution >= 0.6 is 11.6 Å². The Bertz CT molecular complexity index is 806. The van der Waals surface area contributed by atoms with Crippen LogP contribution in [-0.4, -0.2) is 31.1 Å². The van der Waals surface area contributed by atoms with Crippen LogP contribution in [0.25, 0.3) is 0 Å².